The molecule has 0 fully saturated rings. The van der Waals surface area contributed by atoms with Crippen LogP contribution in [0.2, 0.25) is 0 Å². The smallest absolute Gasteiger partial charge is 0.141 e. The maximum atomic E-state index is 5.54. The van der Waals surface area contributed by atoms with Gasteiger partial charge < -0.3 is 15.0 Å². The average molecular weight is 295 g/mol. The van der Waals surface area contributed by atoms with Crippen LogP contribution in [0, 0.1) is 0 Å². The normalized spacial score (nSPS) is 12.5. The molecule has 3 aromatic rings. The number of nitrogens with zero attached hydrogens (tertiary/aromatic N) is 1. The van der Waals surface area contributed by atoms with Crippen LogP contribution in [0.4, 0.5) is 0 Å². The van der Waals surface area contributed by atoms with Crippen molar-refractivity contribution in [2.75, 3.05) is 20.7 Å². The minimum Gasteiger partial charge on any atom is -0.496 e. The Balaban J connectivity index is 2.12. The van der Waals surface area contributed by atoms with Crippen molar-refractivity contribution in [3.8, 4) is 5.75 Å². The second kappa shape index (κ2) is 6.62. The lowest BCUT2D eigenvalue weighted by Crippen LogP contribution is -2.13. The number of nitrogens with one attached hydrogen (secondary N) is 2. The first-order chi connectivity index (χ1) is 10.8. The van der Waals surface area contributed by atoms with Gasteiger partial charge in [-0.25, -0.2) is 4.98 Å². The van der Waals surface area contributed by atoms with E-state index >= 15 is 0 Å². The number of pyridine rings is 1. The summed E-state index contributed by atoms with van der Waals surface area (Å²) in [5.41, 5.74) is 3.42. The molecule has 4 heteroatoms. The van der Waals surface area contributed by atoms with E-state index in [0.29, 0.717) is 5.92 Å². The van der Waals surface area contributed by atoms with Gasteiger partial charge >= 0.3 is 0 Å². The average Bonchev–Trinajstić information content (AvgIpc) is 3.00. The van der Waals surface area contributed by atoms with Crippen LogP contribution in [0.25, 0.3) is 11.0 Å². The SMILES string of the molecule is CNCC[C@@H](c1ccccc1)c1c[nH]c2nccc(OC)c12. The molecule has 0 spiro atoms. The molecule has 0 bridgehead atoms. The van der Waals surface area contributed by atoms with E-state index < -0.39 is 0 Å². The lowest BCUT2D eigenvalue weighted by atomic mass is 9.88. The minimum atomic E-state index is 0.306. The van der Waals surface area contributed by atoms with Crippen molar-refractivity contribution in [3.05, 3.63) is 59.9 Å². The van der Waals surface area contributed by atoms with E-state index in [4.69, 9.17) is 4.74 Å². The van der Waals surface area contributed by atoms with Crippen molar-refractivity contribution in [2.24, 2.45) is 0 Å². The summed E-state index contributed by atoms with van der Waals surface area (Å²) in [5.74, 6) is 1.17. The maximum Gasteiger partial charge on any atom is 0.141 e. The van der Waals surface area contributed by atoms with Crippen molar-refractivity contribution in [1.82, 2.24) is 15.3 Å². The van der Waals surface area contributed by atoms with Gasteiger partial charge in [-0.15, -0.1) is 0 Å². The molecule has 22 heavy (non-hydrogen) atoms. The highest BCUT2D eigenvalue weighted by Gasteiger charge is 2.20. The van der Waals surface area contributed by atoms with Crippen molar-refractivity contribution < 1.29 is 4.74 Å². The van der Waals surface area contributed by atoms with Gasteiger partial charge in [0.15, 0.2) is 0 Å². The first-order valence-corrected chi connectivity index (χ1v) is 7.54. The summed E-state index contributed by atoms with van der Waals surface area (Å²) in [5, 5.41) is 4.33. The van der Waals surface area contributed by atoms with Crippen molar-refractivity contribution in [1.29, 1.82) is 0 Å². The van der Waals surface area contributed by atoms with E-state index in [1.165, 1.54) is 11.1 Å². The van der Waals surface area contributed by atoms with Gasteiger partial charge in [-0.2, -0.15) is 0 Å². The highest BCUT2D eigenvalue weighted by molar-refractivity contribution is 5.87. The molecule has 2 N–H and O–H groups in total. The number of rotatable bonds is 6. The topological polar surface area (TPSA) is 49.9 Å². The Morgan fingerprint density at radius 2 is 2.05 bits per heavy atom. The van der Waals surface area contributed by atoms with Gasteiger partial charge in [0.05, 0.1) is 12.5 Å². The molecule has 1 aromatic carbocycles. The fourth-order valence-corrected chi connectivity index (χ4v) is 2.97. The molecule has 0 saturated heterocycles. The Kier molecular flexibility index (Phi) is 4.39. The molecule has 2 heterocycles. The number of hydrogen-bond acceptors (Lipinski definition) is 3. The van der Waals surface area contributed by atoms with Gasteiger partial charge in [0.25, 0.3) is 0 Å². The standard InChI is InChI=1S/C18H21N3O/c1-19-10-8-14(13-6-4-3-5-7-13)15-12-21-18-17(15)16(22-2)9-11-20-18/h3-7,9,11-12,14,19H,8,10H2,1-2H3,(H,20,21)/t14-/m0/s1. The van der Waals surface area contributed by atoms with Gasteiger partial charge in [-0.1, -0.05) is 30.3 Å². The van der Waals surface area contributed by atoms with E-state index in [0.717, 1.165) is 29.7 Å². The number of ether oxygens (including phenoxy) is 1. The van der Waals surface area contributed by atoms with Gasteiger partial charge in [0.1, 0.15) is 11.4 Å². The first-order valence-electron chi connectivity index (χ1n) is 7.54. The third-order valence-corrected chi connectivity index (χ3v) is 4.05. The van der Waals surface area contributed by atoms with E-state index in [1.54, 1.807) is 13.3 Å². The lowest BCUT2D eigenvalue weighted by Gasteiger charge is -2.17. The number of benzene rings is 1. The molecule has 0 radical (unpaired) electrons. The van der Waals surface area contributed by atoms with Crippen LogP contribution in [-0.4, -0.2) is 30.7 Å². The summed E-state index contributed by atoms with van der Waals surface area (Å²) in [6, 6.07) is 12.5. The monoisotopic (exact) mass is 295 g/mol. The van der Waals surface area contributed by atoms with Crippen molar-refractivity contribution in [2.45, 2.75) is 12.3 Å². The second-order valence-electron chi connectivity index (χ2n) is 5.34. The number of fused-ring (bicyclic) bond motifs is 1. The van der Waals surface area contributed by atoms with Crippen LogP contribution in [0.1, 0.15) is 23.5 Å². The van der Waals surface area contributed by atoms with Crippen molar-refractivity contribution >= 4 is 11.0 Å². The maximum absolute atomic E-state index is 5.54. The van der Waals surface area contributed by atoms with E-state index in [-0.39, 0.29) is 0 Å². The molecule has 0 aliphatic carbocycles. The van der Waals surface area contributed by atoms with E-state index in [9.17, 15) is 0 Å². The fourth-order valence-electron chi connectivity index (χ4n) is 2.97. The summed E-state index contributed by atoms with van der Waals surface area (Å²) in [4.78, 5) is 7.69. The molecule has 0 aliphatic rings. The highest BCUT2D eigenvalue weighted by atomic mass is 16.5. The molecule has 3 rings (SSSR count). The third kappa shape index (κ3) is 2.70. The molecule has 0 amide bonds. The molecule has 0 saturated carbocycles. The van der Waals surface area contributed by atoms with E-state index in [1.807, 2.05) is 13.1 Å². The largest absolute Gasteiger partial charge is 0.496 e. The predicted molar refractivity (Wildman–Crippen MR) is 89.5 cm³/mol. The lowest BCUT2D eigenvalue weighted by molar-refractivity contribution is 0.419. The number of methoxy groups -OCH3 is 1. The third-order valence-electron chi connectivity index (χ3n) is 4.05. The van der Waals surface area contributed by atoms with Crippen LogP contribution in [0.3, 0.4) is 0 Å². The molecule has 114 valence electrons. The van der Waals surface area contributed by atoms with Gasteiger partial charge in [0.2, 0.25) is 0 Å². The Labute approximate surface area is 130 Å². The number of aromatic amines is 1. The van der Waals surface area contributed by atoms with Crippen LogP contribution >= 0.6 is 0 Å². The first kappa shape index (κ1) is 14.6. The number of H-pyrrole nitrogens is 1. The molecule has 0 aliphatic heterocycles. The summed E-state index contributed by atoms with van der Waals surface area (Å²) >= 11 is 0. The zero-order valence-corrected chi connectivity index (χ0v) is 13.0. The molecule has 4 nitrogen and oxygen atoms in total. The van der Waals surface area contributed by atoms with Gasteiger partial charge in [0, 0.05) is 18.3 Å². The number of hydrogen-bond donors (Lipinski definition) is 2. The predicted octanol–water partition coefficient (Wildman–Crippen LogP) is 3.31. The second-order valence-corrected chi connectivity index (χ2v) is 5.34. The number of aromatic nitrogens is 2. The highest BCUT2D eigenvalue weighted by Crippen LogP contribution is 2.36. The summed E-state index contributed by atoms with van der Waals surface area (Å²) < 4.78 is 5.54. The summed E-state index contributed by atoms with van der Waals surface area (Å²) in [7, 11) is 3.69. The molecular weight excluding hydrogens is 274 g/mol. The summed E-state index contributed by atoms with van der Waals surface area (Å²) in [6.45, 7) is 0.953. The van der Waals surface area contributed by atoms with Crippen LogP contribution < -0.4 is 10.1 Å². The van der Waals surface area contributed by atoms with E-state index in [2.05, 4.69) is 51.8 Å². The minimum absolute atomic E-state index is 0.306. The van der Waals surface area contributed by atoms with Crippen LogP contribution in [0.5, 0.6) is 5.75 Å². The summed E-state index contributed by atoms with van der Waals surface area (Å²) in [6.07, 6.45) is 4.85. The van der Waals surface area contributed by atoms with Crippen LogP contribution in [0.15, 0.2) is 48.8 Å². The zero-order chi connectivity index (χ0) is 15.4. The zero-order valence-electron chi connectivity index (χ0n) is 13.0. The fraction of sp³-hybridized carbons (Fsp3) is 0.278. The molecule has 0 unspecified atom stereocenters. The Hall–Kier alpha value is -2.33. The molecular formula is C18H21N3O. The molecule has 1 atom stereocenters. The van der Waals surface area contributed by atoms with Gasteiger partial charge in [-0.3, -0.25) is 0 Å². The quantitative estimate of drug-likeness (QED) is 0.733. The van der Waals surface area contributed by atoms with Crippen LogP contribution in [-0.2, 0) is 0 Å². The van der Waals surface area contributed by atoms with Crippen molar-refractivity contribution in [3.63, 3.8) is 0 Å². The molecule has 2 aromatic heterocycles. The van der Waals surface area contributed by atoms with Gasteiger partial charge in [-0.05, 0) is 37.2 Å². The Bertz CT molecular complexity index is 736. The Morgan fingerprint density at radius 3 is 2.77 bits per heavy atom. The Morgan fingerprint density at radius 1 is 1.23 bits per heavy atom.